The summed E-state index contributed by atoms with van der Waals surface area (Å²) in [6.07, 6.45) is -9.61. The number of nitrogens with one attached hydrogen (secondary N) is 1. The summed E-state index contributed by atoms with van der Waals surface area (Å²) >= 11 is 0. The lowest BCUT2D eigenvalue weighted by atomic mass is 9.97. The molecule has 0 aromatic heterocycles. The highest BCUT2D eigenvalue weighted by atomic mass is 16.7. The Morgan fingerprint density at radius 2 is 1.51 bits per heavy atom. The zero-order chi connectivity index (χ0) is 36.2. The standard InChI is InChI=1S/C30H33N3O16/c1-15(34)44-24-25(45-16(2)35)27(46-17(3)36)29(49-26(24)28(38)42-4)48-22-10-5-18(13-21(22)32-23(37)11-12-31)14-43-30(39)47-20-8-6-19(7-9-20)33(40)41/h5-10,13,24-27,29H,11-12,14,31H2,1-4H3,(H,32,37)/t24-,25-,26-,27+,29+/m0/s1. The Morgan fingerprint density at radius 1 is 0.898 bits per heavy atom. The van der Waals surface area contributed by atoms with Crippen molar-refractivity contribution in [2.75, 3.05) is 19.0 Å². The molecule has 0 unspecified atom stereocenters. The smallest absolute Gasteiger partial charge is 0.467 e. The summed E-state index contributed by atoms with van der Waals surface area (Å²) in [6, 6.07) is 8.78. The molecule has 0 bridgehead atoms. The summed E-state index contributed by atoms with van der Waals surface area (Å²) in [5, 5.41) is 13.4. The third kappa shape index (κ3) is 10.9. The van der Waals surface area contributed by atoms with Crippen molar-refractivity contribution in [3.05, 3.63) is 58.1 Å². The van der Waals surface area contributed by atoms with Crippen LogP contribution in [-0.2, 0) is 59.0 Å². The van der Waals surface area contributed by atoms with E-state index in [0.717, 1.165) is 40.0 Å². The van der Waals surface area contributed by atoms with Crippen LogP contribution in [0.15, 0.2) is 42.5 Å². The van der Waals surface area contributed by atoms with Gasteiger partial charge in [-0.1, -0.05) is 6.07 Å². The first kappa shape index (κ1) is 37.6. The number of rotatable bonds is 13. The first-order valence-corrected chi connectivity index (χ1v) is 14.4. The lowest BCUT2D eigenvalue weighted by molar-refractivity contribution is -0.384. The average molecular weight is 692 g/mol. The highest BCUT2D eigenvalue weighted by molar-refractivity contribution is 5.92. The van der Waals surface area contributed by atoms with Crippen LogP contribution in [-0.4, -0.2) is 85.2 Å². The van der Waals surface area contributed by atoms with Crippen LogP contribution >= 0.6 is 0 Å². The van der Waals surface area contributed by atoms with Gasteiger partial charge in [0.2, 0.25) is 18.3 Å². The van der Waals surface area contributed by atoms with Crippen LogP contribution in [0, 0.1) is 10.1 Å². The Labute approximate surface area is 277 Å². The molecule has 0 spiro atoms. The number of non-ortho nitro benzene ring substituents is 1. The normalized spacial score (nSPS) is 19.7. The van der Waals surface area contributed by atoms with Gasteiger partial charge in [-0.2, -0.15) is 0 Å². The van der Waals surface area contributed by atoms with Crippen molar-refractivity contribution in [2.45, 2.75) is 64.5 Å². The number of nitrogens with zero attached hydrogens (tertiary/aromatic N) is 1. The third-order valence-electron chi connectivity index (χ3n) is 6.37. The number of hydrogen-bond donors (Lipinski definition) is 2. The molecule has 1 heterocycles. The van der Waals surface area contributed by atoms with Gasteiger partial charge in [-0.15, -0.1) is 0 Å². The van der Waals surface area contributed by atoms with Crippen molar-refractivity contribution >= 4 is 47.3 Å². The minimum Gasteiger partial charge on any atom is -0.467 e. The molecule has 49 heavy (non-hydrogen) atoms. The van der Waals surface area contributed by atoms with Crippen LogP contribution in [0.4, 0.5) is 16.2 Å². The Bertz CT molecular complexity index is 1560. The van der Waals surface area contributed by atoms with E-state index in [2.05, 4.69) is 5.32 Å². The number of benzene rings is 2. The van der Waals surface area contributed by atoms with E-state index in [-0.39, 0.29) is 42.4 Å². The van der Waals surface area contributed by atoms with Gasteiger partial charge >= 0.3 is 30.0 Å². The number of esters is 4. The molecule has 1 aliphatic heterocycles. The average Bonchev–Trinajstić information content (AvgIpc) is 3.03. The molecule has 2 aromatic carbocycles. The van der Waals surface area contributed by atoms with E-state index in [1.165, 1.54) is 30.3 Å². The number of carbonyl (C=O) groups is 6. The fourth-order valence-corrected chi connectivity index (χ4v) is 4.41. The van der Waals surface area contributed by atoms with Crippen molar-refractivity contribution in [3.63, 3.8) is 0 Å². The molecule has 0 saturated carbocycles. The molecule has 3 rings (SSSR count). The van der Waals surface area contributed by atoms with Crippen LogP contribution in [0.2, 0.25) is 0 Å². The van der Waals surface area contributed by atoms with Gasteiger partial charge in [0.05, 0.1) is 17.7 Å². The van der Waals surface area contributed by atoms with E-state index < -0.39 is 71.6 Å². The molecular formula is C30H33N3O16. The molecule has 0 radical (unpaired) electrons. The molecule has 3 N–H and O–H groups in total. The summed E-state index contributed by atoms with van der Waals surface area (Å²) in [5.41, 5.74) is 5.58. The Morgan fingerprint density at radius 3 is 2.08 bits per heavy atom. The number of nitro groups is 1. The van der Waals surface area contributed by atoms with Gasteiger partial charge in [0, 0.05) is 45.9 Å². The minimum atomic E-state index is -1.74. The predicted octanol–water partition coefficient (Wildman–Crippen LogP) is 1.67. The summed E-state index contributed by atoms with van der Waals surface area (Å²) in [5.74, 6) is -4.41. The monoisotopic (exact) mass is 691 g/mol. The lowest BCUT2D eigenvalue weighted by Crippen LogP contribution is -2.64. The molecule has 19 heteroatoms. The van der Waals surface area contributed by atoms with Gasteiger partial charge in [-0.25, -0.2) is 9.59 Å². The second kappa shape index (κ2) is 17.4. The predicted molar refractivity (Wildman–Crippen MR) is 161 cm³/mol. The van der Waals surface area contributed by atoms with E-state index in [1.54, 1.807) is 0 Å². The van der Waals surface area contributed by atoms with Gasteiger partial charge in [0.15, 0.2) is 18.3 Å². The molecular weight excluding hydrogens is 658 g/mol. The van der Waals surface area contributed by atoms with Gasteiger partial charge in [-0.05, 0) is 29.8 Å². The zero-order valence-corrected chi connectivity index (χ0v) is 26.6. The maximum Gasteiger partial charge on any atom is 0.514 e. The third-order valence-corrected chi connectivity index (χ3v) is 6.37. The minimum absolute atomic E-state index is 0.0119. The van der Waals surface area contributed by atoms with Crippen molar-refractivity contribution in [1.82, 2.24) is 0 Å². The van der Waals surface area contributed by atoms with Gasteiger partial charge in [0.1, 0.15) is 18.1 Å². The highest BCUT2D eigenvalue weighted by Crippen LogP contribution is 2.34. The van der Waals surface area contributed by atoms with Gasteiger partial charge < -0.3 is 48.9 Å². The first-order chi connectivity index (χ1) is 23.2. The maximum atomic E-state index is 12.7. The molecule has 5 atom stereocenters. The number of nitrogens with two attached hydrogens (primary N) is 1. The van der Waals surface area contributed by atoms with Crippen LogP contribution in [0.25, 0.3) is 0 Å². The number of methoxy groups -OCH3 is 1. The van der Waals surface area contributed by atoms with Crippen molar-refractivity contribution in [1.29, 1.82) is 0 Å². The number of hydrogen-bond acceptors (Lipinski definition) is 17. The van der Waals surface area contributed by atoms with E-state index in [9.17, 15) is 38.9 Å². The van der Waals surface area contributed by atoms with Crippen molar-refractivity contribution in [2.24, 2.45) is 5.73 Å². The summed E-state index contributed by atoms with van der Waals surface area (Å²) < 4.78 is 42.6. The fourth-order valence-electron chi connectivity index (χ4n) is 4.41. The highest BCUT2D eigenvalue weighted by Gasteiger charge is 2.56. The largest absolute Gasteiger partial charge is 0.514 e. The molecule has 1 amide bonds. The van der Waals surface area contributed by atoms with E-state index in [0.29, 0.717) is 5.56 Å². The molecule has 0 aliphatic carbocycles. The van der Waals surface area contributed by atoms with Gasteiger partial charge in [0.25, 0.3) is 5.69 Å². The topological polar surface area (TPSA) is 257 Å². The molecule has 1 fully saturated rings. The lowest BCUT2D eigenvalue weighted by Gasteiger charge is -2.43. The van der Waals surface area contributed by atoms with Crippen LogP contribution in [0.1, 0.15) is 32.8 Å². The maximum absolute atomic E-state index is 12.7. The SMILES string of the molecule is COC(=O)[C@H]1O[C@@H](Oc2ccc(COC(=O)Oc3ccc([N+](=O)[O-])cc3)cc2NC(=O)CCN)[C@H](OC(C)=O)[C@@H](OC(C)=O)[C@@H]1OC(C)=O. The first-order valence-electron chi connectivity index (χ1n) is 14.4. The fraction of sp³-hybridized carbons (Fsp3) is 0.400. The molecule has 264 valence electrons. The second-order valence-corrected chi connectivity index (χ2v) is 10.1. The summed E-state index contributed by atoms with van der Waals surface area (Å²) in [6.45, 7) is 2.70. The summed E-state index contributed by atoms with van der Waals surface area (Å²) in [4.78, 5) is 83.9. The Hall–Kier alpha value is -5.82. The van der Waals surface area contributed by atoms with Crippen LogP contribution in [0.3, 0.4) is 0 Å². The molecule has 2 aromatic rings. The number of nitro benzene ring substituents is 1. The molecule has 19 nitrogen and oxygen atoms in total. The second-order valence-electron chi connectivity index (χ2n) is 10.1. The van der Waals surface area contributed by atoms with Crippen LogP contribution < -0.4 is 20.5 Å². The quantitative estimate of drug-likeness (QED) is 0.0995. The Kier molecular flexibility index (Phi) is 13.3. The number of amides is 1. The number of anilines is 1. The summed E-state index contributed by atoms with van der Waals surface area (Å²) in [7, 11) is 1.03. The van der Waals surface area contributed by atoms with Crippen molar-refractivity contribution < 1.29 is 71.6 Å². The van der Waals surface area contributed by atoms with E-state index in [1.807, 2.05) is 0 Å². The molecule has 1 aliphatic rings. The zero-order valence-electron chi connectivity index (χ0n) is 26.6. The van der Waals surface area contributed by atoms with Crippen molar-refractivity contribution in [3.8, 4) is 11.5 Å². The molecule has 1 saturated heterocycles. The van der Waals surface area contributed by atoms with E-state index in [4.69, 9.17) is 43.6 Å². The van der Waals surface area contributed by atoms with Crippen LogP contribution in [0.5, 0.6) is 11.5 Å². The van der Waals surface area contributed by atoms with Gasteiger partial charge in [-0.3, -0.25) is 29.3 Å². The Balaban J connectivity index is 1.92. The van der Waals surface area contributed by atoms with E-state index >= 15 is 0 Å². The number of carbonyl (C=O) groups excluding carboxylic acids is 6. The number of ether oxygens (including phenoxy) is 8.